The van der Waals surface area contributed by atoms with Crippen molar-refractivity contribution in [3.05, 3.63) is 17.8 Å². The van der Waals surface area contributed by atoms with Crippen LogP contribution in [0.3, 0.4) is 0 Å². The monoisotopic (exact) mass is 289 g/mol. The quantitative estimate of drug-likeness (QED) is 0.815. The van der Waals surface area contributed by atoms with E-state index in [1.165, 1.54) is 25.7 Å². The van der Waals surface area contributed by atoms with Crippen LogP contribution in [0.4, 0.5) is 11.5 Å². The summed E-state index contributed by atoms with van der Waals surface area (Å²) in [6, 6.07) is 1.63. The Labute approximate surface area is 125 Å². The molecule has 114 valence electrons. The van der Waals surface area contributed by atoms with Crippen molar-refractivity contribution in [1.82, 2.24) is 4.98 Å². The molecule has 1 heterocycles. The van der Waals surface area contributed by atoms with Crippen LogP contribution < -0.4 is 11.1 Å². The number of rotatable bonds is 5. The van der Waals surface area contributed by atoms with Crippen molar-refractivity contribution in [2.75, 3.05) is 24.2 Å². The van der Waals surface area contributed by atoms with Crippen LogP contribution in [0.1, 0.15) is 43.0 Å². The molecule has 0 amide bonds. The number of carbonyl (C=O) groups excluding carboxylic acids is 1. The van der Waals surface area contributed by atoms with Gasteiger partial charge in [0.2, 0.25) is 0 Å². The first kappa shape index (κ1) is 14.2. The van der Waals surface area contributed by atoms with Crippen LogP contribution in [-0.4, -0.2) is 24.1 Å². The number of hydrogen-bond donors (Lipinski definition) is 2. The summed E-state index contributed by atoms with van der Waals surface area (Å²) < 4.78 is 5.07. The number of nitrogens with two attached hydrogens (primary N) is 1. The van der Waals surface area contributed by atoms with Gasteiger partial charge in [0.25, 0.3) is 0 Å². The minimum Gasteiger partial charge on any atom is -0.462 e. The van der Waals surface area contributed by atoms with E-state index in [4.69, 9.17) is 10.5 Å². The number of hydrogen-bond acceptors (Lipinski definition) is 5. The summed E-state index contributed by atoms with van der Waals surface area (Å²) in [6.07, 6.45) is 7.02. The summed E-state index contributed by atoms with van der Waals surface area (Å²) in [5, 5.41) is 3.34. The third kappa shape index (κ3) is 2.96. The Morgan fingerprint density at radius 3 is 3.00 bits per heavy atom. The fraction of sp³-hybridized carbons (Fsp3) is 0.625. The van der Waals surface area contributed by atoms with Gasteiger partial charge in [-0.15, -0.1) is 0 Å². The van der Waals surface area contributed by atoms with E-state index in [-0.39, 0.29) is 5.97 Å². The van der Waals surface area contributed by atoms with E-state index < -0.39 is 0 Å². The second kappa shape index (κ2) is 5.92. The first-order valence-electron chi connectivity index (χ1n) is 7.84. The normalized spacial score (nSPS) is 26.8. The first-order valence-corrected chi connectivity index (χ1v) is 7.84. The van der Waals surface area contributed by atoms with E-state index in [2.05, 4.69) is 10.3 Å². The topological polar surface area (TPSA) is 77.2 Å². The van der Waals surface area contributed by atoms with E-state index in [0.717, 1.165) is 18.4 Å². The molecule has 0 radical (unpaired) electrons. The molecule has 3 atom stereocenters. The van der Waals surface area contributed by atoms with Gasteiger partial charge in [0.15, 0.2) is 0 Å². The van der Waals surface area contributed by atoms with Crippen LogP contribution in [-0.2, 0) is 4.74 Å². The van der Waals surface area contributed by atoms with Crippen LogP contribution in [0.2, 0.25) is 0 Å². The molecule has 21 heavy (non-hydrogen) atoms. The van der Waals surface area contributed by atoms with Gasteiger partial charge in [-0.2, -0.15) is 0 Å². The maximum Gasteiger partial charge on any atom is 0.341 e. The maximum absolute atomic E-state index is 12.0. The number of nitrogen functional groups attached to an aromatic ring is 1. The highest BCUT2D eigenvalue weighted by atomic mass is 16.5. The summed E-state index contributed by atoms with van der Waals surface area (Å²) in [4.78, 5) is 16.3. The summed E-state index contributed by atoms with van der Waals surface area (Å²) in [5.41, 5.74) is 6.64. The average molecular weight is 289 g/mol. The molecule has 5 heteroatoms. The van der Waals surface area contributed by atoms with Gasteiger partial charge in [0.05, 0.1) is 18.5 Å². The highest BCUT2D eigenvalue weighted by molar-refractivity contribution is 5.95. The number of anilines is 2. The van der Waals surface area contributed by atoms with Crippen molar-refractivity contribution in [3.8, 4) is 0 Å². The summed E-state index contributed by atoms with van der Waals surface area (Å²) in [7, 11) is 0. The molecule has 5 nitrogen and oxygen atoms in total. The van der Waals surface area contributed by atoms with Gasteiger partial charge in [0.1, 0.15) is 11.4 Å². The maximum atomic E-state index is 12.0. The summed E-state index contributed by atoms with van der Waals surface area (Å²) >= 11 is 0. The lowest BCUT2D eigenvalue weighted by molar-refractivity contribution is 0.0527. The molecule has 2 bridgehead atoms. The minimum atomic E-state index is -0.368. The van der Waals surface area contributed by atoms with Gasteiger partial charge >= 0.3 is 5.97 Å². The van der Waals surface area contributed by atoms with Crippen molar-refractivity contribution in [1.29, 1.82) is 0 Å². The third-order valence-electron chi connectivity index (χ3n) is 4.82. The predicted octanol–water partition coefficient (Wildman–Crippen LogP) is 2.69. The minimum absolute atomic E-state index is 0.347. The fourth-order valence-electron chi connectivity index (χ4n) is 3.84. The standard InChI is InChI=1S/C16H23N3O2/c1-2-21-16(20)14-7-13(17)9-19-15(14)18-8-12-6-10-3-4-11(12)5-10/h7,9-12H,2-6,8,17H2,1H3,(H,18,19). The lowest BCUT2D eigenvalue weighted by Crippen LogP contribution is -2.22. The van der Waals surface area contributed by atoms with E-state index in [1.54, 1.807) is 19.2 Å². The lowest BCUT2D eigenvalue weighted by Gasteiger charge is -2.22. The molecule has 2 aliphatic rings. The Bertz CT molecular complexity index is 532. The SMILES string of the molecule is CCOC(=O)c1cc(N)cnc1NCC1CC2CCC1C2. The fourth-order valence-corrected chi connectivity index (χ4v) is 3.84. The molecule has 0 aromatic carbocycles. The second-order valence-electron chi connectivity index (χ2n) is 6.20. The molecule has 2 aliphatic carbocycles. The number of aromatic nitrogens is 1. The average Bonchev–Trinajstić information content (AvgIpc) is 3.08. The highest BCUT2D eigenvalue weighted by Gasteiger charge is 2.39. The molecule has 2 saturated carbocycles. The van der Waals surface area contributed by atoms with Crippen molar-refractivity contribution in [3.63, 3.8) is 0 Å². The van der Waals surface area contributed by atoms with Gasteiger partial charge in [0, 0.05) is 6.54 Å². The number of carbonyl (C=O) groups is 1. The van der Waals surface area contributed by atoms with Gasteiger partial charge in [-0.3, -0.25) is 0 Å². The number of pyridine rings is 1. The number of nitrogens with zero attached hydrogens (tertiary/aromatic N) is 1. The summed E-state index contributed by atoms with van der Waals surface area (Å²) in [6.45, 7) is 3.02. The van der Waals surface area contributed by atoms with Crippen molar-refractivity contribution in [2.24, 2.45) is 17.8 Å². The molecule has 0 spiro atoms. The Kier molecular flexibility index (Phi) is 3.99. The predicted molar refractivity (Wildman–Crippen MR) is 82.0 cm³/mol. The Hall–Kier alpha value is -1.78. The Balaban J connectivity index is 1.68. The molecule has 1 aromatic rings. The van der Waals surface area contributed by atoms with Gasteiger partial charge in [-0.25, -0.2) is 9.78 Å². The smallest absolute Gasteiger partial charge is 0.341 e. The zero-order valence-corrected chi connectivity index (χ0v) is 12.5. The van der Waals surface area contributed by atoms with E-state index >= 15 is 0 Å². The zero-order valence-electron chi connectivity index (χ0n) is 12.5. The number of nitrogens with one attached hydrogen (secondary N) is 1. The second-order valence-corrected chi connectivity index (χ2v) is 6.20. The molecular formula is C16H23N3O2. The van der Waals surface area contributed by atoms with Crippen LogP contribution in [0, 0.1) is 17.8 Å². The van der Waals surface area contributed by atoms with E-state index in [1.807, 2.05) is 0 Å². The molecule has 3 unspecified atom stereocenters. The molecule has 3 rings (SSSR count). The van der Waals surface area contributed by atoms with Gasteiger partial charge in [-0.1, -0.05) is 6.42 Å². The summed E-state index contributed by atoms with van der Waals surface area (Å²) in [5.74, 6) is 2.70. The first-order chi connectivity index (χ1) is 10.2. The number of ether oxygens (including phenoxy) is 1. The molecular weight excluding hydrogens is 266 g/mol. The van der Waals surface area contributed by atoms with Crippen molar-refractivity contribution in [2.45, 2.75) is 32.6 Å². The molecule has 3 N–H and O–H groups in total. The van der Waals surface area contributed by atoms with Crippen molar-refractivity contribution < 1.29 is 9.53 Å². The van der Waals surface area contributed by atoms with Crippen LogP contribution in [0.5, 0.6) is 0 Å². The Morgan fingerprint density at radius 1 is 1.48 bits per heavy atom. The van der Waals surface area contributed by atoms with Crippen LogP contribution in [0.15, 0.2) is 12.3 Å². The molecule has 2 fully saturated rings. The molecule has 0 saturated heterocycles. The van der Waals surface area contributed by atoms with Crippen molar-refractivity contribution >= 4 is 17.5 Å². The third-order valence-corrected chi connectivity index (χ3v) is 4.82. The van der Waals surface area contributed by atoms with Crippen LogP contribution in [0.25, 0.3) is 0 Å². The van der Waals surface area contributed by atoms with E-state index in [9.17, 15) is 4.79 Å². The van der Waals surface area contributed by atoms with E-state index in [0.29, 0.717) is 29.6 Å². The lowest BCUT2D eigenvalue weighted by atomic mass is 9.89. The molecule has 1 aromatic heterocycles. The van der Waals surface area contributed by atoms with Crippen LogP contribution >= 0.6 is 0 Å². The van der Waals surface area contributed by atoms with Gasteiger partial charge < -0.3 is 15.8 Å². The highest BCUT2D eigenvalue weighted by Crippen LogP contribution is 2.48. The zero-order chi connectivity index (χ0) is 14.8. The number of fused-ring (bicyclic) bond motifs is 2. The Morgan fingerprint density at radius 2 is 2.33 bits per heavy atom. The largest absolute Gasteiger partial charge is 0.462 e. The van der Waals surface area contributed by atoms with Gasteiger partial charge in [-0.05, 0) is 50.0 Å². The number of esters is 1. The molecule has 0 aliphatic heterocycles.